The lowest BCUT2D eigenvalue weighted by Crippen LogP contribution is -2.41. The summed E-state index contributed by atoms with van der Waals surface area (Å²) in [4.78, 5) is 0. The van der Waals surface area contributed by atoms with Gasteiger partial charge in [-0.2, -0.15) is 0 Å². The van der Waals surface area contributed by atoms with E-state index < -0.39 is 16.6 Å². The van der Waals surface area contributed by atoms with Crippen molar-refractivity contribution in [2.45, 2.75) is 65.0 Å². The Bertz CT molecular complexity index is 402. The molecule has 20 heavy (non-hydrogen) atoms. The van der Waals surface area contributed by atoms with Crippen LogP contribution >= 0.6 is 0 Å². The fraction of sp³-hybridized carbons (Fsp3) is 0.875. The normalized spacial score (nSPS) is 30.0. The Hall–Kier alpha value is -0.0662. The number of hydrogen-bond acceptors (Lipinski definition) is 2. The molecule has 116 valence electrons. The summed E-state index contributed by atoms with van der Waals surface area (Å²) in [7, 11) is -3.00. The van der Waals surface area contributed by atoms with Crippen molar-refractivity contribution in [1.82, 2.24) is 0 Å². The van der Waals surface area contributed by atoms with Gasteiger partial charge < -0.3 is 8.85 Å². The first-order valence-electron chi connectivity index (χ1n) is 7.94. The Labute approximate surface area is 127 Å². The SMILES string of the molecule is CC(C)(C)[Si](C)(C)OC[C@H]1[C@H]2C=C(O[Si](C)(C)C)C[C@H]21. The Balaban J connectivity index is 1.81. The molecule has 0 aromatic carbocycles. The van der Waals surface area contributed by atoms with Crippen LogP contribution in [0.3, 0.4) is 0 Å². The highest BCUT2D eigenvalue weighted by molar-refractivity contribution is 6.74. The zero-order chi connectivity index (χ0) is 15.3. The molecule has 0 spiro atoms. The average molecular weight is 313 g/mol. The van der Waals surface area contributed by atoms with Gasteiger partial charge in [-0.1, -0.05) is 20.8 Å². The maximum absolute atomic E-state index is 6.37. The van der Waals surface area contributed by atoms with Crippen molar-refractivity contribution in [3.05, 3.63) is 11.8 Å². The molecule has 1 fully saturated rings. The molecular formula is C16H32O2Si2. The monoisotopic (exact) mass is 312 g/mol. The quantitative estimate of drug-likeness (QED) is 0.664. The molecule has 4 heteroatoms. The van der Waals surface area contributed by atoms with E-state index in [0.717, 1.165) is 30.8 Å². The first-order valence-corrected chi connectivity index (χ1v) is 14.3. The van der Waals surface area contributed by atoms with E-state index in [9.17, 15) is 0 Å². The Morgan fingerprint density at radius 3 is 2.15 bits per heavy atom. The van der Waals surface area contributed by atoms with E-state index in [1.54, 1.807) is 0 Å². The van der Waals surface area contributed by atoms with Crippen LogP contribution in [0.15, 0.2) is 11.8 Å². The molecule has 2 nitrogen and oxygen atoms in total. The summed E-state index contributed by atoms with van der Waals surface area (Å²) in [6.45, 7) is 19.4. The molecule has 0 unspecified atom stereocenters. The Kier molecular flexibility index (Phi) is 4.07. The molecule has 0 aromatic rings. The second kappa shape index (κ2) is 4.99. The van der Waals surface area contributed by atoms with Crippen LogP contribution in [0.25, 0.3) is 0 Å². The van der Waals surface area contributed by atoms with E-state index in [2.05, 4.69) is 59.6 Å². The first kappa shape index (κ1) is 16.3. The van der Waals surface area contributed by atoms with Gasteiger partial charge in [-0.15, -0.1) is 0 Å². The summed E-state index contributed by atoms with van der Waals surface area (Å²) in [5.74, 6) is 3.58. The first-order chi connectivity index (χ1) is 8.91. The smallest absolute Gasteiger partial charge is 0.241 e. The van der Waals surface area contributed by atoms with Crippen LogP contribution in [0.5, 0.6) is 0 Å². The third-order valence-corrected chi connectivity index (χ3v) is 10.5. The molecule has 1 saturated carbocycles. The lowest BCUT2D eigenvalue weighted by atomic mass is 10.2. The predicted molar refractivity (Wildman–Crippen MR) is 90.8 cm³/mol. The fourth-order valence-electron chi connectivity index (χ4n) is 2.75. The maximum atomic E-state index is 6.37. The van der Waals surface area contributed by atoms with Gasteiger partial charge in [0.2, 0.25) is 8.32 Å². The predicted octanol–water partition coefficient (Wildman–Crippen LogP) is 5.01. The summed E-state index contributed by atoms with van der Waals surface area (Å²) >= 11 is 0. The van der Waals surface area contributed by atoms with Crippen LogP contribution in [0, 0.1) is 17.8 Å². The van der Waals surface area contributed by atoms with Crippen LogP contribution in [-0.2, 0) is 8.85 Å². The van der Waals surface area contributed by atoms with E-state index in [4.69, 9.17) is 8.85 Å². The zero-order valence-electron chi connectivity index (χ0n) is 14.5. The fourth-order valence-corrected chi connectivity index (χ4v) is 4.73. The number of fused-ring (bicyclic) bond motifs is 1. The van der Waals surface area contributed by atoms with Gasteiger partial charge in [0.25, 0.3) is 0 Å². The van der Waals surface area contributed by atoms with Gasteiger partial charge in [0.15, 0.2) is 8.32 Å². The second-order valence-electron chi connectivity index (χ2n) is 9.03. The zero-order valence-corrected chi connectivity index (χ0v) is 16.5. The van der Waals surface area contributed by atoms with Crippen molar-refractivity contribution in [3.63, 3.8) is 0 Å². The molecule has 2 aliphatic rings. The summed E-state index contributed by atoms with van der Waals surface area (Å²) in [6.07, 6.45) is 3.54. The highest BCUT2D eigenvalue weighted by Crippen LogP contribution is 2.57. The van der Waals surface area contributed by atoms with Crippen molar-refractivity contribution >= 4 is 16.6 Å². The highest BCUT2D eigenvalue weighted by atomic mass is 28.4. The highest BCUT2D eigenvalue weighted by Gasteiger charge is 2.54. The van der Waals surface area contributed by atoms with Gasteiger partial charge in [0.05, 0.1) is 5.76 Å². The summed E-state index contributed by atoms with van der Waals surface area (Å²) in [6, 6.07) is 0. The van der Waals surface area contributed by atoms with Gasteiger partial charge in [-0.05, 0) is 61.6 Å². The van der Waals surface area contributed by atoms with Crippen LogP contribution in [-0.4, -0.2) is 23.2 Å². The molecule has 2 rings (SSSR count). The minimum absolute atomic E-state index is 0.318. The molecule has 0 radical (unpaired) electrons. The maximum Gasteiger partial charge on any atom is 0.241 e. The number of rotatable bonds is 5. The van der Waals surface area contributed by atoms with Crippen molar-refractivity contribution < 1.29 is 8.85 Å². The summed E-state index contributed by atoms with van der Waals surface area (Å²) < 4.78 is 12.5. The van der Waals surface area contributed by atoms with Crippen molar-refractivity contribution in [2.75, 3.05) is 6.61 Å². The minimum Gasteiger partial charge on any atom is -0.548 e. The average Bonchev–Trinajstić information content (AvgIpc) is 2.65. The molecule has 0 bridgehead atoms. The largest absolute Gasteiger partial charge is 0.548 e. The molecule has 0 amide bonds. The number of allylic oxidation sites excluding steroid dienone is 2. The Morgan fingerprint density at radius 2 is 1.75 bits per heavy atom. The van der Waals surface area contributed by atoms with Crippen LogP contribution in [0.2, 0.25) is 37.8 Å². The van der Waals surface area contributed by atoms with E-state index in [-0.39, 0.29) is 0 Å². The van der Waals surface area contributed by atoms with Gasteiger partial charge >= 0.3 is 0 Å². The molecule has 0 saturated heterocycles. The molecule has 2 aliphatic carbocycles. The van der Waals surface area contributed by atoms with Crippen LogP contribution in [0.1, 0.15) is 27.2 Å². The van der Waals surface area contributed by atoms with Gasteiger partial charge in [0, 0.05) is 13.0 Å². The van der Waals surface area contributed by atoms with Crippen molar-refractivity contribution in [2.24, 2.45) is 17.8 Å². The van der Waals surface area contributed by atoms with E-state index >= 15 is 0 Å². The minimum atomic E-state index is -1.58. The second-order valence-corrected chi connectivity index (χ2v) is 18.3. The van der Waals surface area contributed by atoms with E-state index in [0.29, 0.717) is 5.04 Å². The van der Waals surface area contributed by atoms with Gasteiger partial charge in [-0.3, -0.25) is 0 Å². The molecule has 3 atom stereocenters. The van der Waals surface area contributed by atoms with Crippen LogP contribution in [0.4, 0.5) is 0 Å². The van der Waals surface area contributed by atoms with Crippen molar-refractivity contribution in [3.8, 4) is 0 Å². The van der Waals surface area contributed by atoms with Crippen molar-refractivity contribution in [1.29, 1.82) is 0 Å². The standard InChI is InChI=1S/C16H32O2Si2/c1-16(2,3)20(7,8)17-11-15-13-9-12(10-14(13)15)18-19(4,5)6/h9,13-15H,10-11H2,1-8H3/t13-,14+,15-/m0/s1. The molecule has 0 aromatic heterocycles. The van der Waals surface area contributed by atoms with E-state index in [1.807, 2.05) is 0 Å². The molecule has 0 N–H and O–H groups in total. The van der Waals surface area contributed by atoms with Gasteiger partial charge in [0.1, 0.15) is 0 Å². The molecule has 0 heterocycles. The van der Waals surface area contributed by atoms with Gasteiger partial charge in [-0.25, -0.2) is 0 Å². The topological polar surface area (TPSA) is 18.5 Å². The van der Waals surface area contributed by atoms with E-state index in [1.165, 1.54) is 5.76 Å². The third-order valence-electron chi connectivity index (χ3n) is 5.09. The lowest BCUT2D eigenvalue weighted by Gasteiger charge is -2.36. The number of hydrogen-bond donors (Lipinski definition) is 0. The lowest BCUT2D eigenvalue weighted by molar-refractivity contribution is 0.258. The molecular weight excluding hydrogens is 280 g/mol. The van der Waals surface area contributed by atoms with Crippen LogP contribution < -0.4 is 0 Å². The summed E-state index contributed by atoms with van der Waals surface area (Å²) in [5.41, 5.74) is 0. The third kappa shape index (κ3) is 3.57. The summed E-state index contributed by atoms with van der Waals surface area (Å²) in [5, 5.41) is 0.318. The Morgan fingerprint density at radius 1 is 1.15 bits per heavy atom. The molecule has 0 aliphatic heterocycles.